The van der Waals surface area contributed by atoms with Gasteiger partial charge in [-0.15, -0.1) is 0 Å². The van der Waals surface area contributed by atoms with Crippen molar-refractivity contribution in [2.75, 3.05) is 27.4 Å². The van der Waals surface area contributed by atoms with Crippen molar-refractivity contribution in [2.45, 2.75) is 13.2 Å². The van der Waals surface area contributed by atoms with Gasteiger partial charge in [-0.1, -0.05) is 24.3 Å². The van der Waals surface area contributed by atoms with Crippen LogP contribution >= 0.6 is 0 Å². The second-order valence-corrected chi connectivity index (χ2v) is 3.39. The van der Waals surface area contributed by atoms with E-state index in [0.29, 0.717) is 19.8 Å². The third kappa shape index (κ3) is 4.93. The van der Waals surface area contributed by atoms with E-state index >= 15 is 0 Å². The summed E-state index contributed by atoms with van der Waals surface area (Å²) in [6.07, 6.45) is 0. The highest BCUT2D eigenvalue weighted by atomic mass is 16.5. The van der Waals surface area contributed by atoms with Gasteiger partial charge in [-0.2, -0.15) is 0 Å². The largest absolute Gasteiger partial charge is 0.382 e. The molecule has 0 amide bonds. The molecule has 0 aliphatic heterocycles. The Morgan fingerprint density at radius 1 is 1.07 bits per heavy atom. The second-order valence-electron chi connectivity index (χ2n) is 3.39. The Bertz CT molecular complexity index is 259. The lowest BCUT2D eigenvalue weighted by Gasteiger charge is -2.05. The molecule has 0 saturated carbocycles. The zero-order chi connectivity index (χ0) is 10.9. The first-order chi connectivity index (χ1) is 7.36. The third-order valence-electron chi connectivity index (χ3n) is 2.10. The molecule has 0 aromatic heterocycles. The van der Waals surface area contributed by atoms with E-state index in [1.54, 1.807) is 7.11 Å². The fraction of sp³-hybridized carbons (Fsp3) is 0.500. The van der Waals surface area contributed by atoms with Gasteiger partial charge in [0.05, 0.1) is 19.8 Å². The minimum Gasteiger partial charge on any atom is -0.382 e. The molecule has 3 nitrogen and oxygen atoms in total. The molecule has 1 aromatic carbocycles. The molecular weight excluding hydrogens is 190 g/mol. The number of nitrogens with one attached hydrogen (secondary N) is 1. The summed E-state index contributed by atoms with van der Waals surface area (Å²) in [5, 5.41) is 3.12. The van der Waals surface area contributed by atoms with Crippen LogP contribution in [0.4, 0.5) is 0 Å². The van der Waals surface area contributed by atoms with Crippen LogP contribution < -0.4 is 5.32 Å². The van der Waals surface area contributed by atoms with Crippen LogP contribution in [-0.4, -0.2) is 27.4 Å². The average molecular weight is 209 g/mol. The quantitative estimate of drug-likeness (QED) is 0.691. The smallest absolute Gasteiger partial charge is 0.0718 e. The summed E-state index contributed by atoms with van der Waals surface area (Å²) in [5.41, 5.74) is 2.49. The highest BCUT2D eigenvalue weighted by molar-refractivity contribution is 5.21. The maximum absolute atomic E-state index is 5.42. The van der Waals surface area contributed by atoms with Gasteiger partial charge < -0.3 is 14.8 Å². The molecule has 0 saturated heterocycles. The fourth-order valence-electron chi connectivity index (χ4n) is 1.29. The Hall–Kier alpha value is -0.900. The predicted molar refractivity (Wildman–Crippen MR) is 60.7 cm³/mol. The van der Waals surface area contributed by atoms with Gasteiger partial charge >= 0.3 is 0 Å². The monoisotopic (exact) mass is 209 g/mol. The number of hydrogen-bond acceptors (Lipinski definition) is 3. The Labute approximate surface area is 91.4 Å². The molecule has 0 aliphatic rings. The van der Waals surface area contributed by atoms with Gasteiger partial charge in [0.25, 0.3) is 0 Å². The van der Waals surface area contributed by atoms with Crippen LogP contribution in [0.1, 0.15) is 11.1 Å². The molecule has 84 valence electrons. The first-order valence-electron chi connectivity index (χ1n) is 5.16. The van der Waals surface area contributed by atoms with E-state index in [2.05, 4.69) is 29.6 Å². The molecule has 0 unspecified atom stereocenters. The van der Waals surface area contributed by atoms with Crippen LogP contribution in [0.3, 0.4) is 0 Å². The maximum Gasteiger partial charge on any atom is 0.0718 e. The van der Waals surface area contributed by atoms with Crippen molar-refractivity contribution < 1.29 is 9.47 Å². The summed E-state index contributed by atoms with van der Waals surface area (Å²) in [6, 6.07) is 8.43. The molecular formula is C12H19NO2. The second kappa shape index (κ2) is 7.40. The van der Waals surface area contributed by atoms with Crippen LogP contribution in [0.25, 0.3) is 0 Å². The van der Waals surface area contributed by atoms with Crippen molar-refractivity contribution in [2.24, 2.45) is 0 Å². The SMILES string of the molecule is CNCc1ccc(COCCOC)cc1. The predicted octanol–water partition coefficient (Wildman–Crippen LogP) is 1.57. The third-order valence-corrected chi connectivity index (χ3v) is 2.10. The Morgan fingerprint density at radius 3 is 2.33 bits per heavy atom. The minimum absolute atomic E-state index is 0.648. The number of methoxy groups -OCH3 is 1. The lowest BCUT2D eigenvalue weighted by molar-refractivity contribution is 0.0616. The zero-order valence-electron chi connectivity index (χ0n) is 9.45. The summed E-state index contributed by atoms with van der Waals surface area (Å²) in [5.74, 6) is 0. The molecule has 15 heavy (non-hydrogen) atoms. The first kappa shape index (κ1) is 12.2. The summed E-state index contributed by atoms with van der Waals surface area (Å²) in [7, 11) is 3.62. The Morgan fingerprint density at radius 2 is 1.73 bits per heavy atom. The van der Waals surface area contributed by atoms with Gasteiger partial charge in [-0.25, -0.2) is 0 Å². The zero-order valence-corrected chi connectivity index (χ0v) is 9.45. The van der Waals surface area contributed by atoms with E-state index in [-0.39, 0.29) is 0 Å². The molecule has 0 radical (unpaired) electrons. The van der Waals surface area contributed by atoms with E-state index in [1.807, 2.05) is 7.05 Å². The summed E-state index contributed by atoms with van der Waals surface area (Å²) < 4.78 is 10.3. The van der Waals surface area contributed by atoms with Crippen molar-refractivity contribution >= 4 is 0 Å². The van der Waals surface area contributed by atoms with Crippen molar-refractivity contribution in [1.29, 1.82) is 0 Å². The number of benzene rings is 1. The van der Waals surface area contributed by atoms with E-state index < -0.39 is 0 Å². The van der Waals surface area contributed by atoms with E-state index in [1.165, 1.54) is 11.1 Å². The highest BCUT2D eigenvalue weighted by Crippen LogP contribution is 2.05. The molecule has 0 heterocycles. The molecule has 0 aliphatic carbocycles. The molecule has 0 bridgehead atoms. The molecule has 0 spiro atoms. The van der Waals surface area contributed by atoms with Gasteiger partial charge in [-0.3, -0.25) is 0 Å². The van der Waals surface area contributed by atoms with E-state index in [9.17, 15) is 0 Å². The number of hydrogen-bond donors (Lipinski definition) is 1. The summed E-state index contributed by atoms with van der Waals surface area (Å²) in [4.78, 5) is 0. The van der Waals surface area contributed by atoms with Crippen LogP contribution in [-0.2, 0) is 22.6 Å². The molecule has 1 N–H and O–H groups in total. The topological polar surface area (TPSA) is 30.5 Å². The lowest BCUT2D eigenvalue weighted by Crippen LogP contribution is -2.05. The number of ether oxygens (including phenoxy) is 2. The van der Waals surface area contributed by atoms with Crippen LogP contribution in [0, 0.1) is 0 Å². The first-order valence-corrected chi connectivity index (χ1v) is 5.16. The van der Waals surface area contributed by atoms with Crippen LogP contribution in [0.2, 0.25) is 0 Å². The number of rotatable bonds is 7. The van der Waals surface area contributed by atoms with E-state index in [0.717, 1.165) is 6.54 Å². The molecule has 0 atom stereocenters. The Kier molecular flexibility index (Phi) is 6.00. The van der Waals surface area contributed by atoms with Gasteiger partial charge in [-0.05, 0) is 18.2 Å². The normalized spacial score (nSPS) is 10.5. The average Bonchev–Trinajstić information content (AvgIpc) is 2.27. The standard InChI is InChI=1S/C12H19NO2/c1-13-9-11-3-5-12(6-4-11)10-15-8-7-14-2/h3-6,13H,7-10H2,1-2H3. The molecule has 3 heteroatoms. The van der Waals surface area contributed by atoms with Gasteiger partial charge in [0, 0.05) is 13.7 Å². The summed E-state index contributed by atoms with van der Waals surface area (Å²) >= 11 is 0. The Balaban J connectivity index is 2.29. The van der Waals surface area contributed by atoms with Gasteiger partial charge in [0.15, 0.2) is 0 Å². The maximum atomic E-state index is 5.42. The minimum atomic E-state index is 0.648. The molecule has 1 aromatic rings. The highest BCUT2D eigenvalue weighted by Gasteiger charge is 1.94. The fourth-order valence-corrected chi connectivity index (χ4v) is 1.29. The molecule has 0 fully saturated rings. The van der Waals surface area contributed by atoms with E-state index in [4.69, 9.17) is 9.47 Å². The summed E-state index contributed by atoms with van der Waals surface area (Å²) in [6.45, 7) is 2.86. The lowest BCUT2D eigenvalue weighted by atomic mass is 10.1. The van der Waals surface area contributed by atoms with Crippen molar-refractivity contribution in [3.8, 4) is 0 Å². The van der Waals surface area contributed by atoms with Gasteiger partial charge in [0.1, 0.15) is 0 Å². The van der Waals surface area contributed by atoms with Crippen molar-refractivity contribution in [3.05, 3.63) is 35.4 Å². The van der Waals surface area contributed by atoms with Crippen LogP contribution in [0.5, 0.6) is 0 Å². The van der Waals surface area contributed by atoms with Crippen molar-refractivity contribution in [1.82, 2.24) is 5.32 Å². The van der Waals surface area contributed by atoms with Crippen LogP contribution in [0.15, 0.2) is 24.3 Å². The van der Waals surface area contributed by atoms with Crippen molar-refractivity contribution in [3.63, 3.8) is 0 Å². The van der Waals surface area contributed by atoms with Gasteiger partial charge in [0.2, 0.25) is 0 Å². The molecule has 1 rings (SSSR count).